The van der Waals surface area contributed by atoms with Crippen molar-refractivity contribution in [1.82, 2.24) is 8.87 Å². The van der Waals surface area contributed by atoms with Crippen molar-refractivity contribution in [2.75, 3.05) is 19.7 Å². The number of nitrogens with zero attached hydrogens (tertiary/aromatic N) is 2. The fourth-order valence-electron chi connectivity index (χ4n) is 4.69. The van der Waals surface area contributed by atoms with E-state index in [4.69, 9.17) is 0 Å². The molecule has 1 aliphatic rings. The molecular formula is C29H44N2O4S. The molecule has 1 aromatic carbocycles. The Kier molecular flexibility index (Phi) is 13.1. The van der Waals surface area contributed by atoms with Gasteiger partial charge in [0.05, 0.1) is 6.61 Å². The van der Waals surface area contributed by atoms with Gasteiger partial charge < -0.3 is 14.4 Å². The van der Waals surface area contributed by atoms with Crippen LogP contribution in [0.3, 0.4) is 0 Å². The molecule has 36 heavy (non-hydrogen) atoms. The number of ether oxygens (including phenoxy) is 1. The first kappa shape index (κ1) is 30.0. The Hall–Kier alpha value is -2.25. The van der Waals surface area contributed by atoms with Crippen molar-refractivity contribution in [1.29, 1.82) is 0 Å². The van der Waals surface area contributed by atoms with Crippen LogP contribution < -0.4 is 0 Å². The van der Waals surface area contributed by atoms with Gasteiger partial charge in [0.25, 0.3) is 0 Å². The normalized spacial score (nSPS) is 12.6. The Morgan fingerprint density at radius 3 is 2.31 bits per heavy atom. The zero-order valence-electron chi connectivity index (χ0n) is 22.8. The second-order valence-corrected chi connectivity index (χ2v) is 10.5. The van der Waals surface area contributed by atoms with E-state index >= 15 is 0 Å². The number of carbonyl (C=O) groups is 2. The highest BCUT2D eigenvalue weighted by Gasteiger charge is 2.23. The van der Waals surface area contributed by atoms with Crippen LogP contribution in [-0.2, 0) is 40.1 Å². The van der Waals surface area contributed by atoms with Gasteiger partial charge in [-0.1, -0.05) is 32.4 Å². The minimum atomic E-state index is -0.755. The maximum absolute atomic E-state index is 11.4. The summed E-state index contributed by atoms with van der Waals surface area (Å²) in [6.07, 6.45) is 8.98. The summed E-state index contributed by atoms with van der Waals surface area (Å²) in [4.78, 5) is 22.5. The van der Waals surface area contributed by atoms with Crippen LogP contribution in [0, 0.1) is 6.92 Å². The number of esters is 1. The van der Waals surface area contributed by atoms with Crippen molar-refractivity contribution in [2.45, 2.75) is 97.4 Å². The molecule has 1 heterocycles. The molecule has 0 atom stereocenters. The lowest BCUT2D eigenvalue weighted by Crippen LogP contribution is -2.17. The number of rotatable bonds is 12. The maximum atomic E-state index is 11.4. The molecule has 1 aliphatic carbocycles. The Bertz CT molecular complexity index is 969. The topological polar surface area (TPSA) is 71.8 Å². The van der Waals surface area contributed by atoms with Crippen LogP contribution in [-0.4, -0.2) is 45.6 Å². The largest absolute Gasteiger partial charge is 0.480 e. The van der Waals surface area contributed by atoms with E-state index in [-0.39, 0.29) is 12.5 Å². The smallest absolute Gasteiger partial charge is 0.323 e. The molecule has 0 aliphatic heterocycles. The Morgan fingerprint density at radius 2 is 1.75 bits per heavy atom. The van der Waals surface area contributed by atoms with Crippen LogP contribution in [0.5, 0.6) is 0 Å². The van der Waals surface area contributed by atoms with E-state index < -0.39 is 5.97 Å². The van der Waals surface area contributed by atoms with Gasteiger partial charge in [-0.3, -0.25) is 9.59 Å². The van der Waals surface area contributed by atoms with Gasteiger partial charge in [0.1, 0.15) is 6.54 Å². The van der Waals surface area contributed by atoms with E-state index in [1.165, 1.54) is 59.9 Å². The zero-order chi connectivity index (χ0) is 26.5. The third kappa shape index (κ3) is 9.32. The molecule has 1 aromatic heterocycles. The summed E-state index contributed by atoms with van der Waals surface area (Å²) in [5, 5.41) is 9.36. The molecule has 2 aromatic rings. The number of carboxylic acids is 1. The van der Waals surface area contributed by atoms with Crippen LogP contribution in [0.25, 0.3) is 0 Å². The maximum Gasteiger partial charge on any atom is 0.323 e. The lowest BCUT2D eigenvalue weighted by molar-refractivity contribution is -0.140. The average Bonchev–Trinajstić information content (AvgIpc) is 3.10. The molecule has 0 amide bonds. The molecule has 0 radical (unpaired) electrons. The summed E-state index contributed by atoms with van der Waals surface area (Å²) < 4.78 is 8.93. The molecule has 200 valence electrons. The predicted molar refractivity (Wildman–Crippen MR) is 148 cm³/mol. The number of aromatic nitrogens is 1. The summed E-state index contributed by atoms with van der Waals surface area (Å²) >= 11 is 1.87. The lowest BCUT2D eigenvalue weighted by atomic mass is 9.92. The molecule has 0 fully saturated rings. The van der Waals surface area contributed by atoms with Crippen molar-refractivity contribution in [3.8, 4) is 0 Å². The molecular weight excluding hydrogens is 472 g/mol. The number of carbonyl (C=O) groups excluding carboxylic acids is 1. The molecule has 7 heteroatoms. The van der Waals surface area contributed by atoms with Gasteiger partial charge in [0.2, 0.25) is 0 Å². The van der Waals surface area contributed by atoms with E-state index in [1.807, 2.05) is 16.5 Å². The van der Waals surface area contributed by atoms with Crippen LogP contribution in [0.4, 0.5) is 0 Å². The molecule has 6 nitrogen and oxygen atoms in total. The second kappa shape index (κ2) is 15.8. The number of carboxylic acid groups (broad SMARTS) is 1. The Balaban J connectivity index is 0.000000678. The van der Waals surface area contributed by atoms with Crippen LogP contribution in [0.1, 0.15) is 87.9 Å². The minimum Gasteiger partial charge on any atom is -0.480 e. The number of aliphatic carboxylic acids is 1. The summed E-state index contributed by atoms with van der Waals surface area (Å²) in [6.45, 7) is 12.6. The Morgan fingerprint density at radius 1 is 1.06 bits per heavy atom. The molecule has 1 N–H and O–H groups in total. The van der Waals surface area contributed by atoms with Crippen LogP contribution >= 0.6 is 11.9 Å². The molecule has 0 unspecified atom stereocenters. The summed E-state index contributed by atoms with van der Waals surface area (Å²) in [7, 11) is 0. The van der Waals surface area contributed by atoms with Gasteiger partial charge in [-0.05, 0) is 99.6 Å². The molecule has 0 saturated heterocycles. The highest BCUT2D eigenvalue weighted by atomic mass is 32.2. The first-order valence-electron chi connectivity index (χ1n) is 13.4. The number of unbranched alkanes of at least 4 members (excludes halogenated alkanes) is 1. The lowest BCUT2D eigenvalue weighted by Gasteiger charge is -2.20. The van der Waals surface area contributed by atoms with Crippen LogP contribution in [0.15, 0.2) is 29.2 Å². The third-order valence-electron chi connectivity index (χ3n) is 6.38. The van der Waals surface area contributed by atoms with Crippen molar-refractivity contribution < 1.29 is 19.4 Å². The first-order chi connectivity index (χ1) is 17.3. The van der Waals surface area contributed by atoms with Crippen LogP contribution in [0.2, 0.25) is 0 Å². The molecule has 0 spiro atoms. The van der Waals surface area contributed by atoms with E-state index in [2.05, 4.69) is 54.1 Å². The summed E-state index contributed by atoms with van der Waals surface area (Å²) in [5.41, 5.74) is 6.46. The van der Waals surface area contributed by atoms with Gasteiger partial charge in [-0.15, -0.1) is 0 Å². The van der Waals surface area contributed by atoms with Crippen molar-refractivity contribution >= 4 is 23.9 Å². The standard InChI is InChI=1S/C25H36N2O2S.C4H8O2/c1-4-6-16-26(15-5-2)30-21-13-11-20(12-14-21)17-23-19(3)27(18-25(28)29)24-10-8-7-9-22(23)24;1-3-6-4(2)5/h11-14H,4-10,15-18H2,1-3H3,(H,28,29);3H2,1-2H3. The summed E-state index contributed by atoms with van der Waals surface area (Å²) in [5.74, 6) is -0.966. The quantitative estimate of drug-likeness (QED) is 0.259. The number of fused-ring (bicyclic) bond motifs is 1. The third-order valence-corrected chi connectivity index (χ3v) is 7.49. The molecule has 0 saturated carbocycles. The number of benzene rings is 1. The van der Waals surface area contributed by atoms with E-state index in [9.17, 15) is 14.7 Å². The van der Waals surface area contributed by atoms with Crippen molar-refractivity contribution in [3.63, 3.8) is 0 Å². The average molecular weight is 517 g/mol. The highest BCUT2D eigenvalue weighted by molar-refractivity contribution is 7.97. The van der Waals surface area contributed by atoms with Gasteiger partial charge in [0, 0.05) is 36.3 Å². The number of hydrogen-bond donors (Lipinski definition) is 1. The molecule has 3 rings (SSSR count). The minimum absolute atomic E-state index is 0.0781. The zero-order valence-corrected chi connectivity index (χ0v) is 23.6. The van der Waals surface area contributed by atoms with Gasteiger partial charge in [0.15, 0.2) is 0 Å². The van der Waals surface area contributed by atoms with E-state index in [0.717, 1.165) is 44.5 Å². The van der Waals surface area contributed by atoms with E-state index in [1.54, 1.807) is 6.92 Å². The predicted octanol–water partition coefficient (Wildman–Crippen LogP) is 6.44. The van der Waals surface area contributed by atoms with Gasteiger partial charge in [-0.25, -0.2) is 4.31 Å². The SMILES string of the molecule is CCCCN(CCC)Sc1ccc(Cc2c3c(n(CC(=O)O)c2C)CCCC3)cc1.CCOC(C)=O. The van der Waals surface area contributed by atoms with Crippen molar-refractivity contribution in [2.24, 2.45) is 0 Å². The first-order valence-corrected chi connectivity index (χ1v) is 14.1. The number of hydrogen-bond acceptors (Lipinski definition) is 5. The fourth-order valence-corrected chi connectivity index (χ4v) is 5.74. The second-order valence-electron chi connectivity index (χ2n) is 9.30. The van der Waals surface area contributed by atoms with E-state index in [0.29, 0.717) is 6.61 Å². The van der Waals surface area contributed by atoms with Gasteiger partial charge in [-0.2, -0.15) is 0 Å². The van der Waals surface area contributed by atoms with Gasteiger partial charge >= 0.3 is 11.9 Å². The highest BCUT2D eigenvalue weighted by Crippen LogP contribution is 2.32. The van der Waals surface area contributed by atoms with Crippen molar-refractivity contribution in [3.05, 3.63) is 52.3 Å². The molecule has 0 bridgehead atoms. The summed E-state index contributed by atoms with van der Waals surface area (Å²) in [6, 6.07) is 8.97. The fraction of sp³-hybridized carbons (Fsp3) is 0.586. The monoisotopic (exact) mass is 516 g/mol. The Labute approximate surface area is 221 Å².